The molecule has 0 radical (unpaired) electrons. The van der Waals surface area contributed by atoms with E-state index >= 15 is 0 Å². The van der Waals surface area contributed by atoms with E-state index in [0.29, 0.717) is 24.1 Å². The van der Waals surface area contributed by atoms with Crippen molar-refractivity contribution in [3.8, 4) is 11.9 Å². The molecule has 0 amide bonds. The molecule has 27 heavy (non-hydrogen) atoms. The predicted octanol–water partition coefficient (Wildman–Crippen LogP) is 4.60. The number of nitrogens with one attached hydrogen (secondary N) is 2. The van der Waals surface area contributed by atoms with Crippen LogP contribution in [0.3, 0.4) is 0 Å². The van der Waals surface area contributed by atoms with Crippen LogP contribution in [-0.4, -0.2) is 24.1 Å². The topological polar surface area (TPSA) is 82.3 Å². The van der Waals surface area contributed by atoms with Gasteiger partial charge in [-0.3, -0.25) is 15.3 Å². The molecule has 0 aliphatic carbocycles. The fourth-order valence-electron chi connectivity index (χ4n) is 2.42. The summed E-state index contributed by atoms with van der Waals surface area (Å²) in [4.78, 5) is 8.42. The molecule has 0 aliphatic heterocycles. The quantitative estimate of drug-likeness (QED) is 0.205. The van der Waals surface area contributed by atoms with Crippen molar-refractivity contribution in [2.45, 2.75) is 32.1 Å². The average Bonchev–Trinajstić information content (AvgIpc) is 2.67. The van der Waals surface area contributed by atoms with E-state index in [-0.39, 0.29) is 0 Å². The van der Waals surface area contributed by atoms with E-state index in [9.17, 15) is 0 Å². The number of ether oxygens (including phenoxy) is 1. The highest BCUT2D eigenvalue weighted by Crippen LogP contribution is 2.17. The van der Waals surface area contributed by atoms with Gasteiger partial charge in [0.25, 0.3) is 0 Å². The van der Waals surface area contributed by atoms with Crippen LogP contribution in [0.4, 0.5) is 5.69 Å². The van der Waals surface area contributed by atoms with Crippen molar-refractivity contribution >= 4 is 23.2 Å². The molecular weight excluding hydrogens is 362 g/mol. The van der Waals surface area contributed by atoms with Crippen molar-refractivity contribution in [3.05, 3.63) is 53.8 Å². The van der Waals surface area contributed by atoms with Crippen LogP contribution >= 0.6 is 11.6 Å². The van der Waals surface area contributed by atoms with Crippen molar-refractivity contribution in [2.75, 3.05) is 18.5 Å². The standard InChI is InChI=1S/C20H24ClN5O/c21-17-8-6-10-19(14-17)27-13-5-3-1-2-4-12-24-20(25-16-22)26-18-9-7-11-23-15-18/h6-11,14-15H,1-5,12-13H2,(H2,24,25,26). The Bertz CT molecular complexity index is 746. The molecule has 2 rings (SSSR count). The van der Waals surface area contributed by atoms with E-state index < -0.39 is 0 Å². The second kappa shape index (κ2) is 12.6. The van der Waals surface area contributed by atoms with Crippen LogP contribution in [0, 0.1) is 11.5 Å². The number of nitriles is 1. The molecule has 142 valence electrons. The Morgan fingerprint density at radius 2 is 2.00 bits per heavy atom. The molecule has 0 atom stereocenters. The van der Waals surface area contributed by atoms with Gasteiger partial charge < -0.3 is 10.1 Å². The lowest BCUT2D eigenvalue weighted by atomic mass is 10.1. The van der Waals surface area contributed by atoms with Gasteiger partial charge in [0, 0.05) is 17.8 Å². The van der Waals surface area contributed by atoms with Gasteiger partial charge in [-0.1, -0.05) is 36.9 Å². The number of rotatable bonds is 10. The summed E-state index contributed by atoms with van der Waals surface area (Å²) in [5.74, 6) is 1.26. The van der Waals surface area contributed by atoms with E-state index in [1.165, 1.54) is 0 Å². The van der Waals surface area contributed by atoms with Crippen LogP contribution in [0.1, 0.15) is 32.1 Å². The highest BCUT2D eigenvalue weighted by molar-refractivity contribution is 6.30. The first-order valence-corrected chi connectivity index (χ1v) is 9.40. The first-order valence-electron chi connectivity index (χ1n) is 9.03. The molecule has 0 spiro atoms. The van der Waals surface area contributed by atoms with Gasteiger partial charge in [0.05, 0.1) is 18.5 Å². The summed E-state index contributed by atoms with van der Waals surface area (Å²) >= 11 is 5.92. The maximum absolute atomic E-state index is 8.82. The fourth-order valence-corrected chi connectivity index (χ4v) is 2.60. The first kappa shape index (κ1) is 20.5. The van der Waals surface area contributed by atoms with Crippen molar-refractivity contribution in [1.29, 1.82) is 5.26 Å². The fraction of sp³-hybridized carbons (Fsp3) is 0.350. The molecule has 6 nitrogen and oxygen atoms in total. The van der Waals surface area contributed by atoms with Crippen LogP contribution in [0.5, 0.6) is 5.75 Å². The number of aromatic nitrogens is 1. The van der Waals surface area contributed by atoms with Crippen molar-refractivity contribution in [2.24, 2.45) is 4.99 Å². The lowest BCUT2D eigenvalue weighted by Crippen LogP contribution is -2.27. The summed E-state index contributed by atoms with van der Waals surface area (Å²) in [6, 6.07) is 11.1. The minimum atomic E-state index is 0.445. The van der Waals surface area contributed by atoms with Gasteiger partial charge >= 0.3 is 0 Å². The number of guanidine groups is 1. The van der Waals surface area contributed by atoms with Crippen LogP contribution in [0.25, 0.3) is 0 Å². The monoisotopic (exact) mass is 385 g/mol. The third-order valence-electron chi connectivity index (χ3n) is 3.74. The number of halogens is 1. The summed E-state index contributed by atoms with van der Waals surface area (Å²) in [6.07, 6.45) is 10.6. The molecule has 7 heteroatoms. The zero-order chi connectivity index (χ0) is 19.2. The SMILES string of the molecule is N#CNC(=NCCCCCCCOc1cccc(Cl)c1)Nc1cccnc1. The average molecular weight is 386 g/mol. The molecule has 1 heterocycles. The Balaban J connectivity index is 1.55. The van der Waals surface area contributed by atoms with Crippen LogP contribution < -0.4 is 15.4 Å². The molecule has 0 fully saturated rings. The van der Waals surface area contributed by atoms with E-state index in [1.807, 2.05) is 42.6 Å². The number of hydrogen-bond acceptors (Lipinski definition) is 4. The Morgan fingerprint density at radius 1 is 1.15 bits per heavy atom. The number of pyridine rings is 1. The maximum Gasteiger partial charge on any atom is 0.209 e. The molecule has 1 aromatic heterocycles. The zero-order valence-electron chi connectivity index (χ0n) is 15.2. The van der Waals surface area contributed by atoms with Gasteiger partial charge in [0.1, 0.15) is 5.75 Å². The molecule has 1 aromatic carbocycles. The van der Waals surface area contributed by atoms with E-state index in [0.717, 1.165) is 43.5 Å². The second-order valence-corrected chi connectivity index (χ2v) is 6.34. The van der Waals surface area contributed by atoms with E-state index in [4.69, 9.17) is 21.6 Å². The largest absolute Gasteiger partial charge is 0.494 e. The molecule has 0 unspecified atom stereocenters. The molecular formula is C20H24ClN5O. The number of hydrogen-bond donors (Lipinski definition) is 2. The van der Waals surface area contributed by atoms with Gasteiger partial charge in [-0.2, -0.15) is 5.26 Å². The second-order valence-electron chi connectivity index (χ2n) is 5.91. The summed E-state index contributed by atoms with van der Waals surface area (Å²) in [6.45, 7) is 1.36. The van der Waals surface area contributed by atoms with Crippen molar-refractivity contribution in [1.82, 2.24) is 10.3 Å². The van der Waals surface area contributed by atoms with Crippen molar-refractivity contribution in [3.63, 3.8) is 0 Å². The Morgan fingerprint density at radius 3 is 2.78 bits per heavy atom. The molecule has 2 N–H and O–H groups in total. The lowest BCUT2D eigenvalue weighted by Gasteiger charge is -2.07. The third-order valence-corrected chi connectivity index (χ3v) is 3.97. The Hall–Kier alpha value is -2.78. The first-order chi connectivity index (χ1) is 13.3. The Labute approximate surface area is 165 Å². The van der Waals surface area contributed by atoms with Crippen LogP contribution in [-0.2, 0) is 0 Å². The summed E-state index contributed by atoms with van der Waals surface area (Å²) in [5, 5.41) is 15.1. The van der Waals surface area contributed by atoms with Gasteiger partial charge in [-0.15, -0.1) is 0 Å². The van der Waals surface area contributed by atoms with E-state index in [2.05, 4.69) is 20.6 Å². The van der Waals surface area contributed by atoms with Gasteiger partial charge in [0.15, 0.2) is 6.19 Å². The molecule has 0 saturated heterocycles. The van der Waals surface area contributed by atoms with Crippen LogP contribution in [0.2, 0.25) is 5.02 Å². The molecule has 0 saturated carbocycles. The minimum Gasteiger partial charge on any atom is -0.494 e. The van der Waals surface area contributed by atoms with Crippen LogP contribution in [0.15, 0.2) is 53.8 Å². The third kappa shape index (κ3) is 8.93. The number of unbranched alkanes of at least 4 members (excludes halogenated alkanes) is 4. The number of nitrogens with zero attached hydrogens (tertiary/aromatic N) is 3. The lowest BCUT2D eigenvalue weighted by molar-refractivity contribution is 0.304. The highest BCUT2D eigenvalue weighted by atomic mass is 35.5. The summed E-state index contributed by atoms with van der Waals surface area (Å²) < 4.78 is 5.67. The van der Waals surface area contributed by atoms with Gasteiger partial charge in [-0.05, 0) is 43.2 Å². The van der Waals surface area contributed by atoms with Gasteiger partial charge in [0.2, 0.25) is 5.96 Å². The van der Waals surface area contributed by atoms with E-state index in [1.54, 1.807) is 12.4 Å². The number of aliphatic imine (C=N–C) groups is 1. The predicted molar refractivity (Wildman–Crippen MR) is 109 cm³/mol. The smallest absolute Gasteiger partial charge is 0.209 e. The van der Waals surface area contributed by atoms with Gasteiger partial charge in [-0.25, -0.2) is 0 Å². The zero-order valence-corrected chi connectivity index (χ0v) is 16.0. The summed E-state index contributed by atoms with van der Waals surface area (Å²) in [5.41, 5.74) is 0.790. The van der Waals surface area contributed by atoms with Crippen molar-refractivity contribution < 1.29 is 4.74 Å². The Kier molecular flexibility index (Phi) is 9.55. The minimum absolute atomic E-state index is 0.445. The molecule has 2 aromatic rings. The number of anilines is 1. The molecule has 0 aliphatic rings. The number of benzene rings is 1. The normalized spacial score (nSPS) is 10.9. The maximum atomic E-state index is 8.82. The highest BCUT2D eigenvalue weighted by Gasteiger charge is 1.99. The summed E-state index contributed by atoms with van der Waals surface area (Å²) in [7, 11) is 0. The molecule has 0 bridgehead atoms.